The Morgan fingerprint density at radius 1 is 1.17 bits per heavy atom. The number of hydrogen-bond acceptors (Lipinski definition) is 4. The number of oxazole rings is 1. The zero-order valence-corrected chi connectivity index (χ0v) is 12.5. The fourth-order valence-corrected chi connectivity index (χ4v) is 2.73. The van der Waals surface area contributed by atoms with Crippen LogP contribution in [0.4, 0.5) is 5.82 Å². The molecule has 2 fully saturated rings. The number of nitrogens with zero attached hydrogens (tertiary/aromatic N) is 2. The van der Waals surface area contributed by atoms with Crippen LogP contribution in [0.5, 0.6) is 0 Å². The summed E-state index contributed by atoms with van der Waals surface area (Å²) in [5, 5.41) is 3.85. The standard InChI is InChI=1S/C17H16N4O2/c22-16(9-1-2-9)21-15-6-12-11(7-18-15)5-13(20-12)14-8-19-17(23-14)10-3-4-10/h5-10,20H,1-4H2,(H,18,21,22). The molecule has 0 radical (unpaired) electrons. The normalized spacial score (nSPS) is 17.6. The first kappa shape index (κ1) is 12.9. The molecule has 3 heterocycles. The maximum atomic E-state index is 11.8. The number of carbonyl (C=O) groups is 1. The van der Waals surface area contributed by atoms with Gasteiger partial charge in [-0.15, -0.1) is 0 Å². The SMILES string of the molecule is O=C(Nc1cc2[nH]c(-c3cnc(C4CC4)o3)cc2cn1)C1CC1. The van der Waals surface area contributed by atoms with Gasteiger partial charge in [-0.25, -0.2) is 9.97 Å². The number of nitrogens with one attached hydrogen (secondary N) is 2. The van der Waals surface area contributed by atoms with Crippen LogP contribution < -0.4 is 5.32 Å². The minimum Gasteiger partial charge on any atom is -0.439 e. The maximum absolute atomic E-state index is 11.8. The van der Waals surface area contributed by atoms with Gasteiger partial charge in [-0.1, -0.05) is 0 Å². The zero-order valence-electron chi connectivity index (χ0n) is 12.5. The number of anilines is 1. The molecule has 2 N–H and O–H groups in total. The molecule has 2 saturated carbocycles. The molecule has 0 unspecified atom stereocenters. The Morgan fingerprint density at radius 2 is 2.04 bits per heavy atom. The summed E-state index contributed by atoms with van der Waals surface area (Å²) in [6, 6.07) is 3.85. The summed E-state index contributed by atoms with van der Waals surface area (Å²) in [5.74, 6) is 2.88. The lowest BCUT2D eigenvalue weighted by Gasteiger charge is -2.02. The number of fused-ring (bicyclic) bond motifs is 1. The number of H-pyrrole nitrogens is 1. The van der Waals surface area contributed by atoms with Crippen molar-refractivity contribution in [2.45, 2.75) is 31.6 Å². The third kappa shape index (κ3) is 2.40. The third-order valence-electron chi connectivity index (χ3n) is 4.42. The molecule has 0 aliphatic heterocycles. The number of rotatable bonds is 4. The van der Waals surface area contributed by atoms with E-state index in [9.17, 15) is 4.79 Å². The molecule has 0 saturated heterocycles. The maximum Gasteiger partial charge on any atom is 0.228 e. The van der Waals surface area contributed by atoms with Crippen LogP contribution in [0.1, 0.15) is 37.5 Å². The van der Waals surface area contributed by atoms with Crippen LogP contribution in [0.15, 0.2) is 28.9 Å². The highest BCUT2D eigenvalue weighted by atomic mass is 16.4. The van der Waals surface area contributed by atoms with Crippen molar-refractivity contribution in [1.82, 2.24) is 15.0 Å². The second-order valence-electron chi connectivity index (χ2n) is 6.44. The van der Waals surface area contributed by atoms with E-state index in [4.69, 9.17) is 4.42 Å². The minimum atomic E-state index is 0.0629. The molecule has 3 aromatic rings. The van der Waals surface area contributed by atoms with Crippen LogP contribution in [-0.2, 0) is 4.79 Å². The van der Waals surface area contributed by atoms with Gasteiger partial charge in [0, 0.05) is 29.5 Å². The van der Waals surface area contributed by atoms with Crippen LogP contribution in [0.25, 0.3) is 22.4 Å². The molecule has 5 rings (SSSR count). The molecule has 3 aromatic heterocycles. The summed E-state index contributed by atoms with van der Waals surface area (Å²) in [7, 11) is 0. The average Bonchev–Trinajstić information content (AvgIpc) is 3.47. The Labute approximate surface area is 132 Å². The summed E-state index contributed by atoms with van der Waals surface area (Å²) in [5.41, 5.74) is 1.80. The van der Waals surface area contributed by atoms with Crippen LogP contribution >= 0.6 is 0 Å². The molecule has 1 amide bonds. The number of amides is 1. The lowest BCUT2D eigenvalue weighted by atomic mass is 10.3. The molecule has 0 atom stereocenters. The lowest BCUT2D eigenvalue weighted by molar-refractivity contribution is -0.117. The molecule has 0 spiro atoms. The van der Waals surface area contributed by atoms with Gasteiger partial charge in [0.25, 0.3) is 0 Å². The second-order valence-corrected chi connectivity index (χ2v) is 6.44. The highest BCUT2D eigenvalue weighted by molar-refractivity contribution is 5.95. The zero-order chi connectivity index (χ0) is 15.4. The molecule has 0 bridgehead atoms. The van der Waals surface area contributed by atoms with E-state index in [-0.39, 0.29) is 11.8 Å². The van der Waals surface area contributed by atoms with Crippen molar-refractivity contribution >= 4 is 22.6 Å². The first-order valence-corrected chi connectivity index (χ1v) is 8.02. The van der Waals surface area contributed by atoms with Gasteiger partial charge in [0.15, 0.2) is 11.7 Å². The molecule has 6 heteroatoms. The van der Waals surface area contributed by atoms with Crippen LogP contribution in [-0.4, -0.2) is 20.9 Å². The van der Waals surface area contributed by atoms with E-state index in [2.05, 4.69) is 20.3 Å². The highest BCUT2D eigenvalue weighted by Crippen LogP contribution is 2.40. The monoisotopic (exact) mass is 308 g/mol. The largest absolute Gasteiger partial charge is 0.439 e. The number of aromatic nitrogens is 3. The van der Waals surface area contributed by atoms with Crippen molar-refractivity contribution < 1.29 is 9.21 Å². The van der Waals surface area contributed by atoms with Gasteiger partial charge >= 0.3 is 0 Å². The van der Waals surface area contributed by atoms with E-state index in [0.717, 1.165) is 41.1 Å². The molecule has 2 aliphatic carbocycles. The van der Waals surface area contributed by atoms with Gasteiger partial charge in [0.05, 0.1) is 17.4 Å². The number of aromatic amines is 1. The van der Waals surface area contributed by atoms with E-state index in [1.807, 2.05) is 12.1 Å². The quantitative estimate of drug-likeness (QED) is 0.773. The van der Waals surface area contributed by atoms with E-state index >= 15 is 0 Å². The molecule has 6 nitrogen and oxygen atoms in total. The predicted octanol–water partition coefficient (Wildman–Crippen LogP) is 3.44. The van der Waals surface area contributed by atoms with Gasteiger partial charge in [-0.3, -0.25) is 4.79 Å². The summed E-state index contributed by atoms with van der Waals surface area (Å²) < 4.78 is 5.83. The smallest absolute Gasteiger partial charge is 0.228 e. The summed E-state index contributed by atoms with van der Waals surface area (Å²) >= 11 is 0. The van der Waals surface area contributed by atoms with Crippen LogP contribution in [0.2, 0.25) is 0 Å². The van der Waals surface area contributed by atoms with Crippen molar-refractivity contribution in [2.75, 3.05) is 5.32 Å². The molecular formula is C17H16N4O2. The molecule has 0 aromatic carbocycles. The topological polar surface area (TPSA) is 83.8 Å². The summed E-state index contributed by atoms with van der Waals surface area (Å²) in [6.45, 7) is 0. The van der Waals surface area contributed by atoms with E-state index in [1.165, 1.54) is 12.8 Å². The Bertz CT molecular complexity index is 902. The third-order valence-corrected chi connectivity index (χ3v) is 4.42. The Balaban J connectivity index is 1.44. The first-order valence-electron chi connectivity index (χ1n) is 8.02. The Hall–Kier alpha value is -2.63. The van der Waals surface area contributed by atoms with Gasteiger partial charge in [0.2, 0.25) is 5.91 Å². The Kier molecular flexibility index (Phi) is 2.62. The number of pyridine rings is 1. The van der Waals surface area contributed by atoms with Crippen molar-refractivity contribution in [1.29, 1.82) is 0 Å². The van der Waals surface area contributed by atoms with E-state index < -0.39 is 0 Å². The molecule has 116 valence electrons. The predicted molar refractivity (Wildman–Crippen MR) is 84.9 cm³/mol. The van der Waals surface area contributed by atoms with Crippen LogP contribution in [0, 0.1) is 5.92 Å². The van der Waals surface area contributed by atoms with Crippen molar-refractivity contribution in [2.24, 2.45) is 5.92 Å². The summed E-state index contributed by atoms with van der Waals surface area (Å²) in [6.07, 6.45) is 7.82. The fraction of sp³-hybridized carbons (Fsp3) is 0.353. The van der Waals surface area contributed by atoms with Gasteiger partial charge in [-0.2, -0.15) is 0 Å². The number of hydrogen-bond donors (Lipinski definition) is 2. The second kappa shape index (κ2) is 4.68. The Morgan fingerprint density at radius 3 is 2.83 bits per heavy atom. The van der Waals surface area contributed by atoms with Crippen molar-refractivity contribution in [3.05, 3.63) is 30.4 Å². The van der Waals surface area contributed by atoms with Gasteiger partial charge in [0.1, 0.15) is 5.82 Å². The lowest BCUT2D eigenvalue weighted by Crippen LogP contribution is -2.14. The van der Waals surface area contributed by atoms with Crippen molar-refractivity contribution in [3.8, 4) is 11.5 Å². The fourth-order valence-electron chi connectivity index (χ4n) is 2.73. The summed E-state index contributed by atoms with van der Waals surface area (Å²) in [4.78, 5) is 23.8. The average molecular weight is 308 g/mol. The highest BCUT2D eigenvalue weighted by Gasteiger charge is 2.30. The minimum absolute atomic E-state index is 0.0629. The van der Waals surface area contributed by atoms with E-state index in [1.54, 1.807) is 12.4 Å². The van der Waals surface area contributed by atoms with E-state index in [0.29, 0.717) is 11.7 Å². The number of carbonyl (C=O) groups excluding carboxylic acids is 1. The molecular weight excluding hydrogens is 292 g/mol. The van der Waals surface area contributed by atoms with Gasteiger partial charge in [-0.05, 0) is 31.7 Å². The van der Waals surface area contributed by atoms with Crippen LogP contribution in [0.3, 0.4) is 0 Å². The molecule has 2 aliphatic rings. The van der Waals surface area contributed by atoms with Gasteiger partial charge < -0.3 is 14.7 Å². The van der Waals surface area contributed by atoms with Crippen molar-refractivity contribution in [3.63, 3.8) is 0 Å². The first-order chi connectivity index (χ1) is 11.3. The molecule has 23 heavy (non-hydrogen) atoms.